The normalized spacial score (nSPS) is 10.7. The Labute approximate surface area is 185 Å². The van der Waals surface area contributed by atoms with E-state index in [1.807, 2.05) is 77.7 Å². The monoisotopic (exact) mass is 418 g/mol. The molecule has 0 aliphatic heterocycles. The maximum atomic E-state index is 13.7. The molecule has 0 atom stereocenters. The highest BCUT2D eigenvalue weighted by atomic mass is 19.1. The summed E-state index contributed by atoms with van der Waals surface area (Å²) < 4.78 is 13.7. The fourth-order valence-corrected chi connectivity index (χ4v) is 3.55. The van der Waals surface area contributed by atoms with Crippen LogP contribution in [0.4, 0.5) is 21.6 Å². The molecule has 0 fully saturated rings. The molecule has 3 heterocycles. The van der Waals surface area contributed by atoms with Crippen molar-refractivity contribution in [1.82, 2.24) is 15.0 Å². The summed E-state index contributed by atoms with van der Waals surface area (Å²) in [7, 11) is 0. The summed E-state index contributed by atoms with van der Waals surface area (Å²) in [6.45, 7) is 0. The zero-order chi connectivity index (χ0) is 21.8. The van der Waals surface area contributed by atoms with E-state index in [1.165, 1.54) is 12.1 Å². The van der Waals surface area contributed by atoms with Crippen molar-refractivity contribution in [2.75, 3.05) is 4.90 Å². The lowest BCUT2D eigenvalue weighted by Crippen LogP contribution is -2.12. The zero-order valence-electron chi connectivity index (χ0n) is 17.1. The molecule has 0 saturated carbocycles. The summed E-state index contributed by atoms with van der Waals surface area (Å²) >= 11 is 0. The van der Waals surface area contributed by atoms with Crippen LogP contribution in [0.5, 0.6) is 0 Å². The number of hydrogen-bond donors (Lipinski definition) is 0. The van der Waals surface area contributed by atoms with Crippen molar-refractivity contribution in [2.24, 2.45) is 0 Å². The Balaban J connectivity index is 1.64. The predicted octanol–water partition coefficient (Wildman–Crippen LogP) is 6.81. The van der Waals surface area contributed by atoms with Crippen LogP contribution in [0.15, 0.2) is 116 Å². The summed E-state index contributed by atoms with van der Waals surface area (Å²) in [5.41, 5.74) is 5.10. The van der Waals surface area contributed by atoms with E-state index in [2.05, 4.69) is 16.0 Å². The highest BCUT2D eigenvalue weighted by molar-refractivity contribution is 5.78. The van der Waals surface area contributed by atoms with E-state index in [1.54, 1.807) is 24.5 Å². The first kappa shape index (κ1) is 19.6. The molecule has 4 nitrogen and oxygen atoms in total. The van der Waals surface area contributed by atoms with Crippen molar-refractivity contribution in [2.45, 2.75) is 0 Å². The molecule has 0 aliphatic rings. The van der Waals surface area contributed by atoms with Crippen molar-refractivity contribution >= 4 is 17.2 Å². The van der Waals surface area contributed by atoms with Crippen molar-refractivity contribution in [3.8, 4) is 22.6 Å². The Bertz CT molecular complexity index is 1240. The van der Waals surface area contributed by atoms with Gasteiger partial charge in [0.25, 0.3) is 0 Å². The average Bonchev–Trinajstić information content (AvgIpc) is 2.87. The van der Waals surface area contributed by atoms with E-state index in [0.717, 1.165) is 34.0 Å². The van der Waals surface area contributed by atoms with Crippen LogP contribution >= 0.6 is 0 Å². The topological polar surface area (TPSA) is 41.9 Å². The van der Waals surface area contributed by atoms with Gasteiger partial charge in [0.05, 0.1) is 17.1 Å². The fraction of sp³-hybridized carbons (Fsp3) is 0. The lowest BCUT2D eigenvalue weighted by Gasteiger charge is -2.25. The molecule has 3 aromatic heterocycles. The van der Waals surface area contributed by atoms with Gasteiger partial charge in [-0.1, -0.05) is 30.3 Å². The van der Waals surface area contributed by atoms with Crippen LogP contribution in [0, 0.1) is 5.82 Å². The second kappa shape index (κ2) is 8.78. The summed E-state index contributed by atoms with van der Waals surface area (Å²) in [5, 5.41) is 0. The quantitative estimate of drug-likeness (QED) is 0.314. The van der Waals surface area contributed by atoms with Gasteiger partial charge in [0.2, 0.25) is 0 Å². The zero-order valence-corrected chi connectivity index (χ0v) is 17.1. The van der Waals surface area contributed by atoms with E-state index in [-0.39, 0.29) is 5.82 Å². The number of halogens is 1. The SMILES string of the molecule is Fc1ccc(N(c2cccc(-c3ccccn3)c2)c2cccc(-c3ccccn3)n2)cc1. The minimum atomic E-state index is -0.286. The molecule has 0 unspecified atom stereocenters. The molecule has 0 N–H and O–H groups in total. The number of benzene rings is 2. The molecule has 0 bridgehead atoms. The lowest BCUT2D eigenvalue weighted by atomic mass is 10.1. The van der Waals surface area contributed by atoms with Gasteiger partial charge in [-0.25, -0.2) is 9.37 Å². The largest absolute Gasteiger partial charge is 0.295 e. The van der Waals surface area contributed by atoms with E-state index >= 15 is 0 Å². The number of pyridine rings is 3. The van der Waals surface area contributed by atoms with Crippen molar-refractivity contribution < 1.29 is 4.39 Å². The summed E-state index contributed by atoms with van der Waals surface area (Å²) in [6.07, 6.45) is 3.52. The molecular weight excluding hydrogens is 399 g/mol. The van der Waals surface area contributed by atoms with Crippen molar-refractivity contribution in [1.29, 1.82) is 0 Å². The predicted molar refractivity (Wildman–Crippen MR) is 125 cm³/mol. The van der Waals surface area contributed by atoms with E-state index < -0.39 is 0 Å². The van der Waals surface area contributed by atoms with Gasteiger partial charge in [-0.3, -0.25) is 14.9 Å². The van der Waals surface area contributed by atoms with Crippen molar-refractivity contribution in [3.63, 3.8) is 0 Å². The molecule has 154 valence electrons. The smallest absolute Gasteiger partial charge is 0.138 e. The molecule has 2 aromatic carbocycles. The molecule has 5 rings (SSSR count). The Hall–Kier alpha value is -4.38. The third-order valence-corrected chi connectivity index (χ3v) is 5.04. The molecular formula is C27H19FN4. The van der Waals surface area contributed by atoms with Crippen LogP contribution in [-0.4, -0.2) is 15.0 Å². The maximum absolute atomic E-state index is 13.7. The Morgan fingerprint density at radius 2 is 1.25 bits per heavy atom. The molecule has 5 aromatic rings. The van der Waals surface area contributed by atoms with E-state index in [0.29, 0.717) is 5.82 Å². The third-order valence-electron chi connectivity index (χ3n) is 5.04. The number of rotatable bonds is 5. The number of aromatic nitrogens is 3. The highest BCUT2D eigenvalue weighted by Crippen LogP contribution is 2.36. The molecule has 0 saturated heterocycles. The van der Waals surface area contributed by atoms with Crippen LogP contribution in [-0.2, 0) is 0 Å². The van der Waals surface area contributed by atoms with E-state index in [9.17, 15) is 4.39 Å². The summed E-state index contributed by atoms with van der Waals surface area (Å²) in [5.74, 6) is 0.420. The van der Waals surface area contributed by atoms with Crippen LogP contribution in [0.25, 0.3) is 22.6 Å². The minimum absolute atomic E-state index is 0.286. The van der Waals surface area contributed by atoms with Crippen LogP contribution < -0.4 is 4.90 Å². The van der Waals surface area contributed by atoms with Gasteiger partial charge in [-0.05, 0) is 72.8 Å². The maximum Gasteiger partial charge on any atom is 0.138 e. The lowest BCUT2D eigenvalue weighted by molar-refractivity contribution is 0.628. The van der Waals surface area contributed by atoms with Crippen LogP contribution in [0.1, 0.15) is 0 Å². The Kier molecular flexibility index (Phi) is 5.37. The van der Waals surface area contributed by atoms with Crippen LogP contribution in [0.2, 0.25) is 0 Å². The van der Waals surface area contributed by atoms with Crippen molar-refractivity contribution in [3.05, 3.63) is 121 Å². The number of hydrogen-bond acceptors (Lipinski definition) is 4. The number of nitrogens with zero attached hydrogens (tertiary/aromatic N) is 4. The first-order valence-corrected chi connectivity index (χ1v) is 10.2. The average molecular weight is 418 g/mol. The van der Waals surface area contributed by atoms with Gasteiger partial charge in [0.15, 0.2) is 0 Å². The minimum Gasteiger partial charge on any atom is -0.295 e. The Morgan fingerprint density at radius 3 is 1.97 bits per heavy atom. The summed E-state index contributed by atoms with van der Waals surface area (Å²) in [6, 6.07) is 31.8. The Morgan fingerprint density at radius 1 is 0.562 bits per heavy atom. The van der Waals surface area contributed by atoms with E-state index in [4.69, 9.17) is 4.98 Å². The molecule has 32 heavy (non-hydrogen) atoms. The standard InChI is InChI=1S/C27H19FN4/c28-21-13-15-22(16-14-21)32(23-8-5-7-20(19-23)24-9-1-3-17-29-24)27-12-6-11-26(31-27)25-10-2-4-18-30-25/h1-19H. The molecule has 5 heteroatoms. The first-order valence-electron chi connectivity index (χ1n) is 10.2. The van der Waals surface area contributed by atoms with Gasteiger partial charge in [-0.15, -0.1) is 0 Å². The second-order valence-electron chi connectivity index (χ2n) is 7.17. The second-order valence-corrected chi connectivity index (χ2v) is 7.17. The molecule has 0 amide bonds. The summed E-state index contributed by atoms with van der Waals surface area (Å²) in [4.78, 5) is 15.8. The van der Waals surface area contributed by atoms with Crippen LogP contribution in [0.3, 0.4) is 0 Å². The number of anilines is 3. The molecule has 0 spiro atoms. The van der Waals surface area contributed by atoms with Gasteiger partial charge in [0.1, 0.15) is 11.6 Å². The van der Waals surface area contributed by atoms with Gasteiger partial charge < -0.3 is 0 Å². The van der Waals surface area contributed by atoms with Gasteiger partial charge in [0, 0.05) is 29.3 Å². The van der Waals surface area contributed by atoms with Gasteiger partial charge in [-0.2, -0.15) is 0 Å². The molecule has 0 aliphatic carbocycles. The highest BCUT2D eigenvalue weighted by Gasteiger charge is 2.16. The third kappa shape index (κ3) is 4.09. The molecule has 0 radical (unpaired) electrons. The van der Waals surface area contributed by atoms with Gasteiger partial charge >= 0.3 is 0 Å². The fourth-order valence-electron chi connectivity index (χ4n) is 3.55. The first-order chi connectivity index (χ1) is 15.8.